The van der Waals surface area contributed by atoms with Crippen molar-refractivity contribution in [3.05, 3.63) is 11.8 Å². The molecule has 0 amide bonds. The minimum Gasteiger partial charge on any atom is -0.376 e. The predicted molar refractivity (Wildman–Crippen MR) is 60.7 cm³/mol. The molecule has 0 spiro atoms. The first kappa shape index (κ1) is 12.5. The minimum absolute atomic E-state index is 0.215. The molecule has 1 nitrogen and oxygen atoms in total. The zero-order valence-electron chi connectivity index (χ0n) is 10.5. The van der Waals surface area contributed by atoms with Crippen LogP contribution in [0.1, 0.15) is 48.5 Å². The second kappa shape index (κ2) is 3.73. The Morgan fingerprint density at radius 3 is 1.62 bits per heavy atom. The van der Waals surface area contributed by atoms with Gasteiger partial charge in [-0.15, -0.1) is 0 Å². The molecule has 0 saturated heterocycles. The van der Waals surface area contributed by atoms with Gasteiger partial charge in [-0.3, -0.25) is 0 Å². The molecule has 0 aromatic heterocycles. The zero-order valence-corrected chi connectivity index (χ0v) is 10.5. The number of hydrogen-bond acceptors (Lipinski definition) is 1. The maximum Gasteiger partial charge on any atom is 0.0309 e. The fourth-order valence-electron chi connectivity index (χ4n) is 0.678. The summed E-state index contributed by atoms with van der Waals surface area (Å²) in [5, 5.41) is 0. The first-order valence-corrected chi connectivity index (χ1v) is 4.97. The lowest BCUT2D eigenvalue weighted by Gasteiger charge is -2.33. The van der Waals surface area contributed by atoms with E-state index in [-0.39, 0.29) is 11.0 Å². The lowest BCUT2D eigenvalue weighted by atomic mass is 9.88. The summed E-state index contributed by atoms with van der Waals surface area (Å²) >= 11 is 0. The molecule has 0 bridgehead atoms. The van der Waals surface area contributed by atoms with Gasteiger partial charge in [-0.05, 0) is 39.3 Å². The number of nitrogens with zero attached hydrogens (tertiary/aromatic N) is 1. The fraction of sp³-hybridized carbons (Fsp3) is 0.833. The molecule has 0 saturated carbocycles. The topological polar surface area (TPSA) is 3.24 Å². The van der Waals surface area contributed by atoms with E-state index in [0.29, 0.717) is 0 Å². The molecule has 0 aliphatic carbocycles. The van der Waals surface area contributed by atoms with Crippen molar-refractivity contribution in [3.8, 4) is 0 Å². The molecular formula is C12H25N. The van der Waals surface area contributed by atoms with E-state index in [1.807, 2.05) is 0 Å². The number of allylic oxidation sites excluding steroid dienone is 1. The smallest absolute Gasteiger partial charge is 0.0309 e. The van der Waals surface area contributed by atoms with Gasteiger partial charge >= 0.3 is 0 Å². The van der Waals surface area contributed by atoms with Crippen LogP contribution in [0.2, 0.25) is 0 Å². The van der Waals surface area contributed by atoms with E-state index in [1.54, 1.807) is 0 Å². The van der Waals surface area contributed by atoms with Gasteiger partial charge in [0.25, 0.3) is 0 Å². The van der Waals surface area contributed by atoms with Gasteiger partial charge in [0.2, 0.25) is 0 Å². The van der Waals surface area contributed by atoms with Crippen LogP contribution in [0.25, 0.3) is 0 Å². The van der Waals surface area contributed by atoms with Crippen LogP contribution < -0.4 is 0 Å². The number of hydrogen-bond donors (Lipinski definition) is 0. The van der Waals surface area contributed by atoms with Gasteiger partial charge in [0.1, 0.15) is 0 Å². The van der Waals surface area contributed by atoms with Crippen molar-refractivity contribution in [2.24, 2.45) is 5.41 Å². The van der Waals surface area contributed by atoms with E-state index in [1.165, 1.54) is 5.57 Å². The third kappa shape index (κ3) is 4.35. The summed E-state index contributed by atoms with van der Waals surface area (Å²) in [6, 6.07) is 0. The normalized spacial score (nSPS) is 14.6. The van der Waals surface area contributed by atoms with Crippen LogP contribution in [-0.4, -0.2) is 17.5 Å². The summed E-state index contributed by atoms with van der Waals surface area (Å²) in [6.07, 6.45) is 2.25. The molecule has 0 radical (unpaired) electrons. The van der Waals surface area contributed by atoms with E-state index in [9.17, 15) is 0 Å². The van der Waals surface area contributed by atoms with E-state index in [2.05, 4.69) is 66.6 Å². The summed E-state index contributed by atoms with van der Waals surface area (Å²) in [5.74, 6) is 0. The first-order chi connectivity index (χ1) is 5.55. The quantitative estimate of drug-likeness (QED) is 0.599. The third-order valence-electron chi connectivity index (χ3n) is 2.63. The Hall–Kier alpha value is -0.460. The minimum atomic E-state index is 0.215. The Morgan fingerprint density at radius 1 is 1.00 bits per heavy atom. The predicted octanol–water partition coefficient (Wildman–Crippen LogP) is 3.67. The molecule has 78 valence electrons. The van der Waals surface area contributed by atoms with Crippen molar-refractivity contribution in [1.29, 1.82) is 0 Å². The van der Waals surface area contributed by atoms with E-state index in [0.717, 1.165) is 0 Å². The average Bonchev–Trinajstić information content (AvgIpc) is 1.82. The zero-order chi connectivity index (χ0) is 10.9. The van der Waals surface area contributed by atoms with Crippen molar-refractivity contribution >= 4 is 0 Å². The van der Waals surface area contributed by atoms with Gasteiger partial charge in [0, 0.05) is 12.6 Å². The second-order valence-electron chi connectivity index (χ2n) is 5.84. The molecule has 0 aliphatic heterocycles. The van der Waals surface area contributed by atoms with Gasteiger partial charge in [-0.1, -0.05) is 26.3 Å². The maximum absolute atomic E-state index is 2.27. The largest absolute Gasteiger partial charge is 0.376 e. The highest BCUT2D eigenvalue weighted by Crippen LogP contribution is 2.25. The van der Waals surface area contributed by atoms with Crippen molar-refractivity contribution in [2.45, 2.75) is 54.0 Å². The summed E-state index contributed by atoms with van der Waals surface area (Å²) in [5.41, 5.74) is 1.91. The maximum atomic E-state index is 2.27. The van der Waals surface area contributed by atoms with E-state index in [4.69, 9.17) is 0 Å². The molecule has 13 heavy (non-hydrogen) atoms. The monoisotopic (exact) mass is 183 g/mol. The number of rotatable bonds is 1. The Morgan fingerprint density at radius 2 is 1.38 bits per heavy atom. The van der Waals surface area contributed by atoms with Gasteiger partial charge in [0.15, 0.2) is 0 Å². The Kier molecular flexibility index (Phi) is 3.60. The van der Waals surface area contributed by atoms with Crippen LogP contribution in [0.3, 0.4) is 0 Å². The highest BCUT2D eigenvalue weighted by molar-refractivity contribution is 5.07. The molecule has 0 aromatic rings. The standard InChI is InChI=1S/C12H25N/c1-10(11(2,3)4)9-13(8)12(5,6)7/h9H,1-8H3/b10-9+. The van der Waals surface area contributed by atoms with Gasteiger partial charge < -0.3 is 4.90 Å². The van der Waals surface area contributed by atoms with Crippen molar-refractivity contribution in [1.82, 2.24) is 4.90 Å². The van der Waals surface area contributed by atoms with Crippen molar-refractivity contribution in [2.75, 3.05) is 7.05 Å². The van der Waals surface area contributed by atoms with Crippen molar-refractivity contribution < 1.29 is 0 Å². The Balaban J connectivity index is 4.59. The van der Waals surface area contributed by atoms with Crippen LogP contribution in [-0.2, 0) is 0 Å². The molecule has 0 aromatic carbocycles. The highest BCUT2D eigenvalue weighted by Gasteiger charge is 2.17. The van der Waals surface area contributed by atoms with Crippen molar-refractivity contribution in [3.63, 3.8) is 0 Å². The Bertz CT molecular complexity index is 188. The van der Waals surface area contributed by atoms with Gasteiger partial charge in [0.05, 0.1) is 0 Å². The Labute approximate surface area is 83.8 Å². The molecule has 0 atom stereocenters. The van der Waals surface area contributed by atoms with Crippen LogP contribution in [0.4, 0.5) is 0 Å². The fourth-order valence-corrected chi connectivity index (χ4v) is 0.678. The van der Waals surface area contributed by atoms with Crippen LogP contribution >= 0.6 is 0 Å². The summed E-state index contributed by atoms with van der Waals surface area (Å²) in [4.78, 5) is 2.27. The molecule has 0 heterocycles. The first-order valence-electron chi connectivity index (χ1n) is 4.97. The molecule has 0 aliphatic rings. The van der Waals surface area contributed by atoms with E-state index < -0.39 is 0 Å². The molecule has 0 fully saturated rings. The molecular weight excluding hydrogens is 158 g/mol. The molecule has 0 N–H and O–H groups in total. The molecule has 0 unspecified atom stereocenters. The summed E-state index contributed by atoms with van der Waals surface area (Å²) < 4.78 is 0. The van der Waals surface area contributed by atoms with Crippen LogP contribution in [0.15, 0.2) is 11.8 Å². The molecule has 1 heteroatoms. The summed E-state index contributed by atoms with van der Waals surface area (Å²) in [6.45, 7) is 15.6. The molecule has 0 rings (SSSR count). The third-order valence-corrected chi connectivity index (χ3v) is 2.63. The lowest BCUT2D eigenvalue weighted by molar-refractivity contribution is 0.244. The van der Waals surface area contributed by atoms with E-state index >= 15 is 0 Å². The van der Waals surface area contributed by atoms with Gasteiger partial charge in [-0.2, -0.15) is 0 Å². The second-order valence-corrected chi connectivity index (χ2v) is 5.84. The highest BCUT2D eigenvalue weighted by atomic mass is 15.1. The lowest BCUT2D eigenvalue weighted by Crippen LogP contribution is -2.34. The average molecular weight is 183 g/mol. The summed E-state index contributed by atoms with van der Waals surface area (Å²) in [7, 11) is 2.13. The van der Waals surface area contributed by atoms with Crippen LogP contribution in [0.5, 0.6) is 0 Å². The SMILES string of the molecule is C/C(=C\N(C)C(C)(C)C)C(C)(C)C. The van der Waals surface area contributed by atoms with Gasteiger partial charge in [-0.25, -0.2) is 0 Å². The van der Waals surface area contributed by atoms with Crippen LogP contribution in [0, 0.1) is 5.41 Å².